The third-order valence-electron chi connectivity index (χ3n) is 5.83. The zero-order chi connectivity index (χ0) is 17.5. The predicted octanol–water partition coefficient (Wildman–Crippen LogP) is 1.27. The third kappa shape index (κ3) is 3.22. The molecule has 0 saturated carbocycles. The van der Waals surface area contributed by atoms with Crippen LogP contribution in [-0.2, 0) is 19.1 Å². The van der Waals surface area contributed by atoms with Gasteiger partial charge in [0.1, 0.15) is 6.10 Å². The number of hydrogen-bond acceptors (Lipinski definition) is 6. The molecular weight excluding hydrogens is 310 g/mol. The van der Waals surface area contributed by atoms with Crippen molar-refractivity contribution in [1.29, 1.82) is 0 Å². The van der Waals surface area contributed by atoms with Gasteiger partial charge in [-0.1, -0.05) is 12.5 Å². The van der Waals surface area contributed by atoms with Crippen LogP contribution in [0, 0.1) is 11.8 Å². The van der Waals surface area contributed by atoms with E-state index in [-0.39, 0.29) is 36.6 Å². The number of cyclic esters (lactones) is 1. The van der Waals surface area contributed by atoms with Crippen LogP contribution in [0.25, 0.3) is 0 Å². The Hall–Kier alpha value is -1.40. The molecular formula is C18H27NO5. The van der Waals surface area contributed by atoms with Crippen LogP contribution in [0.3, 0.4) is 0 Å². The van der Waals surface area contributed by atoms with Gasteiger partial charge in [-0.25, -0.2) is 9.59 Å². The molecule has 5 unspecified atom stereocenters. The Morgan fingerprint density at radius 3 is 2.75 bits per heavy atom. The van der Waals surface area contributed by atoms with E-state index in [2.05, 4.69) is 4.90 Å². The van der Waals surface area contributed by atoms with Crippen LogP contribution in [-0.4, -0.2) is 59.4 Å². The van der Waals surface area contributed by atoms with Crippen molar-refractivity contribution in [3.63, 3.8) is 0 Å². The largest absolute Gasteiger partial charge is 0.463 e. The van der Waals surface area contributed by atoms with Gasteiger partial charge in [0.25, 0.3) is 0 Å². The van der Waals surface area contributed by atoms with Crippen molar-refractivity contribution in [3.05, 3.63) is 11.6 Å². The Balaban J connectivity index is 1.86. The van der Waals surface area contributed by atoms with Crippen molar-refractivity contribution >= 4 is 11.9 Å². The van der Waals surface area contributed by atoms with Gasteiger partial charge in [-0.2, -0.15) is 0 Å². The molecule has 3 aliphatic heterocycles. The Kier molecular flexibility index (Phi) is 4.71. The quantitative estimate of drug-likeness (QED) is 0.671. The highest BCUT2D eigenvalue weighted by Crippen LogP contribution is 2.36. The second kappa shape index (κ2) is 6.48. The van der Waals surface area contributed by atoms with Crippen molar-refractivity contribution in [2.24, 2.45) is 11.8 Å². The summed E-state index contributed by atoms with van der Waals surface area (Å²) in [6, 6.07) is 0.110. The molecule has 1 N–H and O–H groups in total. The third-order valence-corrected chi connectivity index (χ3v) is 5.83. The van der Waals surface area contributed by atoms with Crippen molar-refractivity contribution in [1.82, 2.24) is 4.90 Å². The SMILES string of the molecule is CC1=CC(=O)OC2CCN3CCC(COC(=O)C(C)(O)C(C)C1)C23. The summed E-state index contributed by atoms with van der Waals surface area (Å²) in [4.78, 5) is 26.9. The molecule has 0 aromatic rings. The Bertz CT molecular complexity index is 556. The molecule has 6 nitrogen and oxygen atoms in total. The molecule has 0 spiro atoms. The lowest BCUT2D eigenvalue weighted by molar-refractivity contribution is -0.171. The van der Waals surface area contributed by atoms with E-state index in [1.807, 2.05) is 6.92 Å². The number of carbonyl (C=O) groups excluding carboxylic acids is 2. The van der Waals surface area contributed by atoms with Crippen LogP contribution in [0.2, 0.25) is 0 Å². The fourth-order valence-corrected chi connectivity index (χ4v) is 4.18. The van der Waals surface area contributed by atoms with Gasteiger partial charge in [-0.15, -0.1) is 0 Å². The molecule has 3 heterocycles. The number of allylic oxidation sites excluding steroid dienone is 1. The molecule has 0 bridgehead atoms. The summed E-state index contributed by atoms with van der Waals surface area (Å²) in [6.07, 6.45) is 3.51. The molecule has 0 radical (unpaired) electrons. The topological polar surface area (TPSA) is 76.1 Å². The minimum absolute atomic E-state index is 0.110. The van der Waals surface area contributed by atoms with Gasteiger partial charge < -0.3 is 14.6 Å². The van der Waals surface area contributed by atoms with Crippen LogP contribution < -0.4 is 0 Å². The number of nitrogens with zero attached hydrogens (tertiary/aromatic N) is 1. The number of carbonyl (C=O) groups is 2. The second-order valence-electron chi connectivity index (χ2n) is 7.68. The van der Waals surface area contributed by atoms with Crippen LogP contribution >= 0.6 is 0 Å². The van der Waals surface area contributed by atoms with Crippen molar-refractivity contribution in [2.75, 3.05) is 19.7 Å². The van der Waals surface area contributed by atoms with E-state index < -0.39 is 11.6 Å². The maximum atomic E-state index is 12.4. The summed E-state index contributed by atoms with van der Waals surface area (Å²) >= 11 is 0. The van der Waals surface area contributed by atoms with Gasteiger partial charge >= 0.3 is 11.9 Å². The molecule has 24 heavy (non-hydrogen) atoms. The summed E-state index contributed by atoms with van der Waals surface area (Å²) in [6.45, 7) is 7.20. The summed E-state index contributed by atoms with van der Waals surface area (Å²) < 4.78 is 11.2. The first-order chi connectivity index (χ1) is 11.3. The Morgan fingerprint density at radius 1 is 1.29 bits per heavy atom. The monoisotopic (exact) mass is 337 g/mol. The van der Waals surface area contributed by atoms with Gasteiger partial charge in [0.15, 0.2) is 5.60 Å². The summed E-state index contributed by atoms with van der Waals surface area (Å²) in [7, 11) is 0. The molecule has 2 fully saturated rings. The van der Waals surface area contributed by atoms with E-state index in [4.69, 9.17) is 9.47 Å². The van der Waals surface area contributed by atoms with Crippen molar-refractivity contribution in [3.8, 4) is 0 Å². The van der Waals surface area contributed by atoms with Crippen LogP contribution in [0.4, 0.5) is 0 Å². The first kappa shape index (κ1) is 17.4. The number of hydrogen-bond donors (Lipinski definition) is 1. The van der Waals surface area contributed by atoms with E-state index in [1.165, 1.54) is 13.0 Å². The fourth-order valence-electron chi connectivity index (χ4n) is 4.18. The molecule has 5 atom stereocenters. The van der Waals surface area contributed by atoms with Gasteiger partial charge in [-0.05, 0) is 45.6 Å². The highest BCUT2D eigenvalue weighted by atomic mass is 16.6. The van der Waals surface area contributed by atoms with Crippen molar-refractivity contribution < 1.29 is 24.2 Å². The zero-order valence-corrected chi connectivity index (χ0v) is 14.7. The predicted molar refractivity (Wildman–Crippen MR) is 87.1 cm³/mol. The van der Waals surface area contributed by atoms with E-state index >= 15 is 0 Å². The zero-order valence-electron chi connectivity index (χ0n) is 14.7. The number of esters is 2. The van der Waals surface area contributed by atoms with Crippen molar-refractivity contribution in [2.45, 2.75) is 57.8 Å². The van der Waals surface area contributed by atoms with Crippen LogP contribution in [0.1, 0.15) is 40.0 Å². The fraction of sp³-hybridized carbons (Fsp3) is 0.778. The lowest BCUT2D eigenvalue weighted by Crippen LogP contribution is -2.44. The lowest BCUT2D eigenvalue weighted by Gasteiger charge is -2.29. The summed E-state index contributed by atoms with van der Waals surface area (Å²) in [5.41, 5.74) is -0.780. The Morgan fingerprint density at radius 2 is 2.00 bits per heavy atom. The molecule has 0 aliphatic carbocycles. The van der Waals surface area contributed by atoms with E-state index in [1.54, 1.807) is 6.92 Å². The smallest absolute Gasteiger partial charge is 0.338 e. The van der Waals surface area contributed by atoms with E-state index in [9.17, 15) is 14.7 Å². The minimum Gasteiger partial charge on any atom is -0.463 e. The average Bonchev–Trinajstić information content (AvgIpc) is 3.06. The molecule has 0 amide bonds. The van der Waals surface area contributed by atoms with Gasteiger partial charge in [0.05, 0.1) is 12.6 Å². The molecule has 3 aliphatic rings. The molecule has 6 heteroatoms. The normalized spacial score (nSPS) is 41.4. The highest BCUT2D eigenvalue weighted by molar-refractivity contribution is 5.83. The standard InChI is InChI=1S/C18H27NO5/c1-11-8-12(2)18(3,22)17(21)23-10-13-4-6-19-7-5-14(16(13)19)24-15(20)9-11/h9,12-14,16,22H,4-8,10H2,1-3H3. The molecule has 0 aromatic heterocycles. The van der Waals surface area contributed by atoms with Gasteiger partial charge in [0, 0.05) is 18.5 Å². The number of aliphatic hydroxyl groups is 1. The van der Waals surface area contributed by atoms with Gasteiger partial charge in [-0.3, -0.25) is 4.90 Å². The second-order valence-corrected chi connectivity index (χ2v) is 7.68. The van der Waals surface area contributed by atoms with Crippen LogP contribution in [0.5, 0.6) is 0 Å². The van der Waals surface area contributed by atoms with E-state index in [0.717, 1.165) is 31.5 Å². The first-order valence-electron chi connectivity index (χ1n) is 8.80. The highest BCUT2D eigenvalue weighted by Gasteiger charge is 2.47. The summed E-state index contributed by atoms with van der Waals surface area (Å²) in [5, 5.41) is 10.6. The molecule has 0 aromatic carbocycles. The summed E-state index contributed by atoms with van der Waals surface area (Å²) in [5.74, 6) is -1.12. The average molecular weight is 337 g/mol. The minimum atomic E-state index is -1.57. The molecule has 134 valence electrons. The maximum Gasteiger partial charge on any atom is 0.338 e. The molecule has 2 saturated heterocycles. The molecule has 3 rings (SSSR count). The van der Waals surface area contributed by atoms with Gasteiger partial charge in [0.2, 0.25) is 0 Å². The number of rotatable bonds is 0. The number of ether oxygens (including phenoxy) is 2. The maximum absolute atomic E-state index is 12.4. The van der Waals surface area contributed by atoms with E-state index in [0.29, 0.717) is 6.42 Å². The first-order valence-corrected chi connectivity index (χ1v) is 8.80. The van der Waals surface area contributed by atoms with Crippen LogP contribution in [0.15, 0.2) is 11.6 Å². The Labute approximate surface area is 142 Å². The lowest BCUT2D eigenvalue weighted by atomic mass is 9.85.